The van der Waals surface area contributed by atoms with Crippen LogP contribution in [0.3, 0.4) is 0 Å². The zero-order valence-electron chi connectivity index (χ0n) is 9.08. The Bertz CT molecular complexity index is 231. The smallest absolute Gasteiger partial charge is 0.236 e. The third-order valence-corrected chi connectivity index (χ3v) is 3.09. The standard InChI is InChI=1S/C10H19N3O2/c1-11-10(14)9-3-2-7(13-9)4-12-8-5-15-6-8/h7-9,12-13H,2-6H2,1H3,(H,11,14). The Morgan fingerprint density at radius 3 is 2.87 bits per heavy atom. The molecule has 86 valence electrons. The molecule has 0 aromatic heterocycles. The molecule has 2 heterocycles. The van der Waals surface area contributed by atoms with Gasteiger partial charge in [0.1, 0.15) is 0 Å². The van der Waals surface area contributed by atoms with Gasteiger partial charge in [0.25, 0.3) is 0 Å². The van der Waals surface area contributed by atoms with Gasteiger partial charge in [0.05, 0.1) is 25.3 Å². The summed E-state index contributed by atoms with van der Waals surface area (Å²) < 4.78 is 5.08. The molecule has 2 aliphatic heterocycles. The molecule has 0 aromatic rings. The van der Waals surface area contributed by atoms with E-state index >= 15 is 0 Å². The van der Waals surface area contributed by atoms with Crippen molar-refractivity contribution in [2.75, 3.05) is 26.8 Å². The summed E-state index contributed by atoms with van der Waals surface area (Å²) >= 11 is 0. The van der Waals surface area contributed by atoms with Crippen LogP contribution in [0.1, 0.15) is 12.8 Å². The van der Waals surface area contributed by atoms with Crippen LogP contribution in [0.2, 0.25) is 0 Å². The van der Waals surface area contributed by atoms with E-state index in [0.29, 0.717) is 12.1 Å². The quantitative estimate of drug-likeness (QED) is 0.551. The highest BCUT2D eigenvalue weighted by molar-refractivity contribution is 5.81. The molecule has 0 spiro atoms. The summed E-state index contributed by atoms with van der Waals surface area (Å²) in [5, 5.41) is 9.42. The molecule has 0 saturated carbocycles. The molecule has 2 rings (SSSR count). The maximum atomic E-state index is 11.4. The average molecular weight is 213 g/mol. The van der Waals surface area contributed by atoms with Gasteiger partial charge in [-0.3, -0.25) is 4.79 Å². The summed E-state index contributed by atoms with van der Waals surface area (Å²) in [6.07, 6.45) is 2.01. The molecule has 5 heteroatoms. The highest BCUT2D eigenvalue weighted by Gasteiger charge is 2.29. The van der Waals surface area contributed by atoms with Crippen LogP contribution in [0.4, 0.5) is 0 Å². The normalized spacial score (nSPS) is 31.3. The van der Waals surface area contributed by atoms with E-state index in [1.165, 1.54) is 0 Å². The highest BCUT2D eigenvalue weighted by atomic mass is 16.5. The summed E-state index contributed by atoms with van der Waals surface area (Å²) in [7, 11) is 1.68. The molecule has 3 N–H and O–H groups in total. The van der Waals surface area contributed by atoms with E-state index in [4.69, 9.17) is 4.74 Å². The fourth-order valence-electron chi connectivity index (χ4n) is 2.02. The summed E-state index contributed by atoms with van der Waals surface area (Å²) in [5.74, 6) is 0.101. The molecule has 0 aromatic carbocycles. The van der Waals surface area contributed by atoms with Gasteiger partial charge >= 0.3 is 0 Å². The third kappa shape index (κ3) is 2.68. The van der Waals surface area contributed by atoms with Crippen LogP contribution < -0.4 is 16.0 Å². The van der Waals surface area contributed by atoms with E-state index in [-0.39, 0.29) is 11.9 Å². The number of nitrogens with one attached hydrogen (secondary N) is 3. The lowest BCUT2D eigenvalue weighted by Gasteiger charge is -2.28. The lowest BCUT2D eigenvalue weighted by atomic mass is 10.1. The van der Waals surface area contributed by atoms with Crippen LogP contribution in [0, 0.1) is 0 Å². The average Bonchev–Trinajstić information content (AvgIpc) is 2.63. The first-order valence-corrected chi connectivity index (χ1v) is 5.58. The Kier molecular flexibility index (Phi) is 3.56. The number of hydrogen-bond donors (Lipinski definition) is 3. The molecule has 0 bridgehead atoms. The van der Waals surface area contributed by atoms with Crippen molar-refractivity contribution in [3.63, 3.8) is 0 Å². The molecule has 2 unspecified atom stereocenters. The fraction of sp³-hybridized carbons (Fsp3) is 0.900. The van der Waals surface area contributed by atoms with E-state index < -0.39 is 0 Å². The summed E-state index contributed by atoms with van der Waals surface area (Å²) in [6.45, 7) is 2.58. The first kappa shape index (κ1) is 10.9. The van der Waals surface area contributed by atoms with Crippen LogP contribution in [-0.2, 0) is 9.53 Å². The molecule has 2 fully saturated rings. The third-order valence-electron chi connectivity index (χ3n) is 3.09. The van der Waals surface area contributed by atoms with Crippen molar-refractivity contribution in [1.82, 2.24) is 16.0 Å². The molecular weight excluding hydrogens is 194 g/mol. The van der Waals surface area contributed by atoms with Crippen LogP contribution in [0.5, 0.6) is 0 Å². The second kappa shape index (κ2) is 4.92. The predicted molar refractivity (Wildman–Crippen MR) is 56.6 cm³/mol. The van der Waals surface area contributed by atoms with Crippen LogP contribution in [-0.4, -0.2) is 50.8 Å². The van der Waals surface area contributed by atoms with Crippen molar-refractivity contribution in [1.29, 1.82) is 0 Å². The molecule has 15 heavy (non-hydrogen) atoms. The van der Waals surface area contributed by atoms with Gasteiger partial charge in [0.15, 0.2) is 0 Å². The van der Waals surface area contributed by atoms with Crippen molar-refractivity contribution >= 4 is 5.91 Å². The zero-order chi connectivity index (χ0) is 10.7. The first-order valence-electron chi connectivity index (χ1n) is 5.58. The van der Waals surface area contributed by atoms with Crippen LogP contribution >= 0.6 is 0 Å². The minimum absolute atomic E-state index is 0.000518. The SMILES string of the molecule is CNC(=O)C1CCC(CNC2COC2)N1. The number of rotatable bonds is 4. The molecule has 0 radical (unpaired) electrons. The van der Waals surface area contributed by atoms with E-state index in [0.717, 1.165) is 32.6 Å². The largest absolute Gasteiger partial charge is 0.378 e. The maximum absolute atomic E-state index is 11.4. The van der Waals surface area contributed by atoms with Crippen molar-refractivity contribution in [2.24, 2.45) is 0 Å². The second-order valence-electron chi connectivity index (χ2n) is 4.25. The fourth-order valence-corrected chi connectivity index (χ4v) is 2.02. The number of ether oxygens (including phenoxy) is 1. The second-order valence-corrected chi connectivity index (χ2v) is 4.25. The lowest BCUT2D eigenvalue weighted by Crippen LogP contribution is -2.51. The van der Waals surface area contributed by atoms with Gasteiger partial charge in [-0.1, -0.05) is 0 Å². The van der Waals surface area contributed by atoms with E-state index in [9.17, 15) is 4.79 Å². The Hall–Kier alpha value is -0.650. The van der Waals surface area contributed by atoms with Crippen LogP contribution in [0.15, 0.2) is 0 Å². The molecule has 0 aliphatic carbocycles. The van der Waals surface area contributed by atoms with Crippen molar-refractivity contribution < 1.29 is 9.53 Å². The zero-order valence-corrected chi connectivity index (χ0v) is 9.08. The van der Waals surface area contributed by atoms with Crippen molar-refractivity contribution in [3.05, 3.63) is 0 Å². The van der Waals surface area contributed by atoms with Crippen molar-refractivity contribution in [2.45, 2.75) is 31.0 Å². The molecule has 2 saturated heterocycles. The van der Waals surface area contributed by atoms with E-state index in [2.05, 4.69) is 16.0 Å². The number of amides is 1. The molecule has 2 atom stereocenters. The first-order chi connectivity index (χ1) is 7.29. The number of carbonyl (C=O) groups is 1. The van der Waals surface area contributed by atoms with E-state index in [1.54, 1.807) is 7.05 Å². The summed E-state index contributed by atoms with van der Waals surface area (Å²) in [6, 6.07) is 0.943. The molecule has 2 aliphatic rings. The Morgan fingerprint density at radius 1 is 1.47 bits per heavy atom. The van der Waals surface area contributed by atoms with Gasteiger partial charge in [0.2, 0.25) is 5.91 Å². The molecular formula is C10H19N3O2. The van der Waals surface area contributed by atoms with E-state index in [1.807, 2.05) is 0 Å². The molecule has 1 amide bonds. The summed E-state index contributed by atoms with van der Waals surface area (Å²) in [5.41, 5.74) is 0. The van der Waals surface area contributed by atoms with Crippen LogP contribution in [0.25, 0.3) is 0 Å². The lowest BCUT2D eigenvalue weighted by molar-refractivity contribution is -0.122. The summed E-state index contributed by atoms with van der Waals surface area (Å²) in [4.78, 5) is 11.4. The Labute approximate surface area is 89.9 Å². The minimum Gasteiger partial charge on any atom is -0.378 e. The van der Waals surface area contributed by atoms with Gasteiger partial charge in [-0.2, -0.15) is 0 Å². The monoisotopic (exact) mass is 213 g/mol. The number of hydrogen-bond acceptors (Lipinski definition) is 4. The Balaban J connectivity index is 1.65. The van der Waals surface area contributed by atoms with Gasteiger partial charge in [-0.15, -0.1) is 0 Å². The minimum atomic E-state index is -0.000518. The van der Waals surface area contributed by atoms with Crippen molar-refractivity contribution in [3.8, 4) is 0 Å². The highest BCUT2D eigenvalue weighted by Crippen LogP contribution is 2.12. The van der Waals surface area contributed by atoms with Gasteiger partial charge in [0, 0.05) is 19.6 Å². The molecule has 5 nitrogen and oxygen atoms in total. The predicted octanol–water partition coefficient (Wildman–Crippen LogP) is -1.16. The Morgan fingerprint density at radius 2 is 2.27 bits per heavy atom. The van der Waals surface area contributed by atoms with Gasteiger partial charge < -0.3 is 20.7 Å². The topological polar surface area (TPSA) is 62.4 Å². The maximum Gasteiger partial charge on any atom is 0.236 e. The van der Waals surface area contributed by atoms with Gasteiger partial charge in [-0.25, -0.2) is 0 Å². The van der Waals surface area contributed by atoms with Gasteiger partial charge in [-0.05, 0) is 12.8 Å². The number of likely N-dealkylation sites (N-methyl/N-ethyl adjacent to an activating group) is 1. The number of carbonyl (C=O) groups excluding carboxylic acids is 1.